The molecule has 1 aliphatic rings. The number of carbonyl (C=O) groups excluding carboxylic acids is 1. The molecule has 0 radical (unpaired) electrons. The SMILES string of the molecule is CC1COCCN1OC(=O)c1ccccc1. The maximum atomic E-state index is 11.8. The molecule has 0 aliphatic carbocycles. The van der Waals surface area contributed by atoms with E-state index in [2.05, 4.69) is 0 Å². The van der Waals surface area contributed by atoms with E-state index in [1.54, 1.807) is 17.2 Å². The van der Waals surface area contributed by atoms with Crippen molar-refractivity contribution in [3.63, 3.8) is 0 Å². The molecule has 1 heterocycles. The Morgan fingerprint density at radius 3 is 2.88 bits per heavy atom. The van der Waals surface area contributed by atoms with Gasteiger partial charge in [-0.15, -0.1) is 5.06 Å². The van der Waals surface area contributed by atoms with E-state index in [1.165, 1.54) is 0 Å². The third-order valence-corrected chi connectivity index (χ3v) is 2.52. The van der Waals surface area contributed by atoms with Crippen LogP contribution in [0.4, 0.5) is 0 Å². The summed E-state index contributed by atoms with van der Waals surface area (Å²) in [5.74, 6) is -0.311. The quantitative estimate of drug-likeness (QED) is 0.758. The second-order valence-electron chi connectivity index (χ2n) is 3.81. The molecular formula is C12H15NO3. The summed E-state index contributed by atoms with van der Waals surface area (Å²) >= 11 is 0. The number of rotatable bonds is 2. The summed E-state index contributed by atoms with van der Waals surface area (Å²) in [5, 5.41) is 1.68. The fourth-order valence-electron chi connectivity index (χ4n) is 1.58. The molecule has 1 atom stereocenters. The largest absolute Gasteiger partial charge is 0.378 e. The average molecular weight is 221 g/mol. The van der Waals surface area contributed by atoms with Gasteiger partial charge < -0.3 is 9.57 Å². The molecule has 86 valence electrons. The summed E-state index contributed by atoms with van der Waals surface area (Å²) in [5.41, 5.74) is 0.571. The normalized spacial score (nSPS) is 21.7. The van der Waals surface area contributed by atoms with E-state index >= 15 is 0 Å². The van der Waals surface area contributed by atoms with Crippen LogP contribution >= 0.6 is 0 Å². The van der Waals surface area contributed by atoms with Crippen LogP contribution in [0.15, 0.2) is 30.3 Å². The third kappa shape index (κ3) is 2.59. The third-order valence-electron chi connectivity index (χ3n) is 2.52. The molecule has 0 amide bonds. The van der Waals surface area contributed by atoms with Gasteiger partial charge in [0.1, 0.15) is 0 Å². The smallest absolute Gasteiger partial charge is 0.357 e. The number of nitrogens with zero attached hydrogens (tertiary/aromatic N) is 1. The van der Waals surface area contributed by atoms with Crippen molar-refractivity contribution in [2.45, 2.75) is 13.0 Å². The average Bonchev–Trinajstić information content (AvgIpc) is 2.33. The Balaban J connectivity index is 1.96. The highest BCUT2D eigenvalue weighted by Gasteiger charge is 2.23. The van der Waals surface area contributed by atoms with Crippen LogP contribution in [0.25, 0.3) is 0 Å². The van der Waals surface area contributed by atoms with E-state index in [9.17, 15) is 4.79 Å². The van der Waals surface area contributed by atoms with Crippen LogP contribution in [-0.4, -0.2) is 36.8 Å². The second kappa shape index (κ2) is 5.09. The van der Waals surface area contributed by atoms with Crippen molar-refractivity contribution in [3.05, 3.63) is 35.9 Å². The van der Waals surface area contributed by atoms with Crippen molar-refractivity contribution in [1.82, 2.24) is 5.06 Å². The molecule has 2 rings (SSSR count). The molecule has 0 N–H and O–H groups in total. The predicted octanol–water partition coefficient (Wildman–Crippen LogP) is 1.48. The monoisotopic (exact) mass is 221 g/mol. The van der Waals surface area contributed by atoms with Gasteiger partial charge >= 0.3 is 5.97 Å². The molecule has 1 aliphatic heterocycles. The van der Waals surface area contributed by atoms with E-state index in [4.69, 9.17) is 9.57 Å². The van der Waals surface area contributed by atoms with Gasteiger partial charge in [0, 0.05) is 0 Å². The minimum atomic E-state index is -0.311. The molecular weight excluding hydrogens is 206 g/mol. The van der Waals surface area contributed by atoms with Crippen molar-refractivity contribution >= 4 is 5.97 Å². The lowest BCUT2D eigenvalue weighted by Gasteiger charge is -2.31. The lowest BCUT2D eigenvalue weighted by molar-refractivity contribution is -0.179. The van der Waals surface area contributed by atoms with Gasteiger partial charge in [0.05, 0.1) is 31.4 Å². The van der Waals surface area contributed by atoms with Crippen LogP contribution < -0.4 is 0 Å². The maximum Gasteiger partial charge on any atom is 0.357 e. The van der Waals surface area contributed by atoms with Gasteiger partial charge in [-0.25, -0.2) is 4.79 Å². The first kappa shape index (κ1) is 11.1. The summed E-state index contributed by atoms with van der Waals surface area (Å²) in [6.07, 6.45) is 0. The number of carbonyl (C=O) groups is 1. The lowest BCUT2D eigenvalue weighted by atomic mass is 10.2. The van der Waals surface area contributed by atoms with Crippen LogP contribution in [0.3, 0.4) is 0 Å². The second-order valence-corrected chi connectivity index (χ2v) is 3.81. The molecule has 1 aromatic rings. The molecule has 16 heavy (non-hydrogen) atoms. The van der Waals surface area contributed by atoms with Gasteiger partial charge in [-0.05, 0) is 19.1 Å². The molecule has 4 nitrogen and oxygen atoms in total. The first-order valence-corrected chi connectivity index (χ1v) is 5.39. The van der Waals surface area contributed by atoms with Gasteiger partial charge in [0.2, 0.25) is 0 Å². The van der Waals surface area contributed by atoms with Crippen LogP contribution in [-0.2, 0) is 9.57 Å². The summed E-state index contributed by atoms with van der Waals surface area (Å²) in [6.45, 7) is 3.80. The van der Waals surface area contributed by atoms with Crippen molar-refractivity contribution in [3.8, 4) is 0 Å². The Kier molecular flexibility index (Phi) is 3.54. The zero-order valence-electron chi connectivity index (χ0n) is 9.26. The number of benzene rings is 1. The zero-order chi connectivity index (χ0) is 11.4. The first-order chi connectivity index (χ1) is 7.77. The fraction of sp³-hybridized carbons (Fsp3) is 0.417. The van der Waals surface area contributed by atoms with E-state index in [-0.39, 0.29) is 12.0 Å². The highest BCUT2D eigenvalue weighted by Crippen LogP contribution is 2.09. The summed E-state index contributed by atoms with van der Waals surface area (Å²) in [4.78, 5) is 17.1. The van der Waals surface area contributed by atoms with Crippen LogP contribution in [0, 0.1) is 0 Å². The fourth-order valence-corrected chi connectivity index (χ4v) is 1.58. The Bertz CT molecular complexity index is 353. The standard InChI is InChI=1S/C12H15NO3/c1-10-9-15-8-7-13(10)16-12(14)11-5-3-2-4-6-11/h2-6,10H,7-9H2,1H3. The van der Waals surface area contributed by atoms with E-state index in [0.717, 1.165) is 0 Å². The highest BCUT2D eigenvalue weighted by molar-refractivity contribution is 5.89. The first-order valence-electron chi connectivity index (χ1n) is 5.39. The molecule has 0 bridgehead atoms. The molecule has 1 fully saturated rings. The van der Waals surface area contributed by atoms with Crippen molar-refractivity contribution in [2.24, 2.45) is 0 Å². The van der Waals surface area contributed by atoms with Crippen LogP contribution in [0.5, 0.6) is 0 Å². The Morgan fingerprint density at radius 1 is 1.44 bits per heavy atom. The van der Waals surface area contributed by atoms with Crippen molar-refractivity contribution in [2.75, 3.05) is 19.8 Å². The van der Waals surface area contributed by atoms with Crippen LogP contribution in [0.2, 0.25) is 0 Å². The number of hydroxylamine groups is 2. The van der Waals surface area contributed by atoms with E-state index in [0.29, 0.717) is 25.3 Å². The summed E-state index contributed by atoms with van der Waals surface area (Å²) in [7, 11) is 0. The lowest BCUT2D eigenvalue weighted by Crippen LogP contribution is -2.44. The maximum absolute atomic E-state index is 11.8. The van der Waals surface area contributed by atoms with E-state index in [1.807, 2.05) is 25.1 Å². The zero-order valence-corrected chi connectivity index (χ0v) is 9.26. The molecule has 1 saturated heterocycles. The molecule has 1 unspecified atom stereocenters. The number of hydrogen-bond acceptors (Lipinski definition) is 4. The van der Waals surface area contributed by atoms with Gasteiger partial charge in [-0.3, -0.25) is 0 Å². The molecule has 0 aromatic heterocycles. The van der Waals surface area contributed by atoms with Gasteiger partial charge in [0.15, 0.2) is 0 Å². The number of hydrogen-bond donors (Lipinski definition) is 0. The Hall–Kier alpha value is -1.39. The van der Waals surface area contributed by atoms with Crippen molar-refractivity contribution < 1.29 is 14.4 Å². The Morgan fingerprint density at radius 2 is 2.19 bits per heavy atom. The molecule has 0 saturated carbocycles. The minimum Gasteiger partial charge on any atom is -0.378 e. The molecule has 4 heteroatoms. The topological polar surface area (TPSA) is 38.8 Å². The van der Waals surface area contributed by atoms with E-state index < -0.39 is 0 Å². The van der Waals surface area contributed by atoms with Crippen LogP contribution in [0.1, 0.15) is 17.3 Å². The van der Waals surface area contributed by atoms with Gasteiger partial charge in [-0.1, -0.05) is 18.2 Å². The number of ether oxygens (including phenoxy) is 1. The summed E-state index contributed by atoms with van der Waals surface area (Å²) in [6, 6.07) is 9.11. The molecule has 0 spiro atoms. The summed E-state index contributed by atoms with van der Waals surface area (Å²) < 4.78 is 5.27. The van der Waals surface area contributed by atoms with Gasteiger partial charge in [0.25, 0.3) is 0 Å². The predicted molar refractivity (Wildman–Crippen MR) is 58.8 cm³/mol. The minimum absolute atomic E-state index is 0.112. The Labute approximate surface area is 94.7 Å². The molecule has 1 aromatic carbocycles. The highest BCUT2D eigenvalue weighted by atomic mass is 16.7. The van der Waals surface area contributed by atoms with Crippen molar-refractivity contribution in [1.29, 1.82) is 0 Å². The number of morpholine rings is 1. The van der Waals surface area contributed by atoms with Gasteiger partial charge in [-0.2, -0.15) is 0 Å².